The average Bonchev–Trinajstić information content (AvgIpc) is 3.06. The number of nitrogens with two attached hydrogens (primary N) is 2. The topological polar surface area (TPSA) is 180 Å². The molecule has 49 heavy (non-hydrogen) atoms. The molecule has 0 radical (unpaired) electrons. The zero-order chi connectivity index (χ0) is 35.9. The summed E-state index contributed by atoms with van der Waals surface area (Å²) in [5.74, 6) is -0.736. The lowest BCUT2D eigenvalue weighted by Crippen LogP contribution is -2.61. The molecule has 2 aliphatic heterocycles. The van der Waals surface area contributed by atoms with Crippen LogP contribution in [0.5, 0.6) is 5.88 Å². The summed E-state index contributed by atoms with van der Waals surface area (Å²) >= 11 is 0. The largest absolute Gasteiger partial charge is 0.481 e. The van der Waals surface area contributed by atoms with Gasteiger partial charge in [0.25, 0.3) is 0 Å². The van der Waals surface area contributed by atoms with Gasteiger partial charge in [-0.3, -0.25) is 4.90 Å². The van der Waals surface area contributed by atoms with Crippen molar-refractivity contribution in [3.63, 3.8) is 0 Å². The van der Waals surface area contributed by atoms with Crippen molar-refractivity contribution in [3.05, 3.63) is 70.4 Å². The first-order valence-electron chi connectivity index (χ1n) is 15.0. The van der Waals surface area contributed by atoms with Gasteiger partial charge < -0.3 is 36.3 Å². The van der Waals surface area contributed by atoms with Crippen molar-refractivity contribution in [2.24, 2.45) is 16.6 Å². The van der Waals surface area contributed by atoms with Crippen molar-refractivity contribution in [1.82, 2.24) is 19.9 Å². The zero-order valence-electron chi connectivity index (χ0n) is 26.3. The number of halogens is 6. The standard InChI is InChI=1S/C30H33F6N9O4/c1-3-28(38)14-19(24-21(45(28)27(46)47)4-5-23(41-24)49-2)25-39-15-22(43-6-8-44(9-7-43)26(37)42-48)20(40-25)12-16-10-17(29(31,32)33)13-18(11-16)30(34,35)36/h4-5,10-11,13,15,19,48H,3,6-9,12,14,38H2,1-2H3,(H2,37,42)(H,46,47)/t19-,28+/m0/s1. The third-order valence-corrected chi connectivity index (χ3v) is 8.71. The van der Waals surface area contributed by atoms with Gasteiger partial charge in [0.2, 0.25) is 11.8 Å². The fourth-order valence-electron chi connectivity index (χ4n) is 6.14. The molecular weight excluding hydrogens is 664 g/mol. The van der Waals surface area contributed by atoms with E-state index in [0.29, 0.717) is 17.8 Å². The Labute approximate surface area is 275 Å². The molecule has 19 heteroatoms. The number of nitrogens with zero attached hydrogens (tertiary/aromatic N) is 7. The lowest BCUT2D eigenvalue weighted by Gasteiger charge is -2.45. The quantitative estimate of drug-likeness (QED) is 0.0942. The molecule has 2 atom stereocenters. The van der Waals surface area contributed by atoms with Crippen molar-refractivity contribution in [3.8, 4) is 5.88 Å². The molecule has 3 aromatic rings. The van der Waals surface area contributed by atoms with Crippen molar-refractivity contribution in [2.75, 3.05) is 43.1 Å². The number of hydrogen-bond acceptors (Lipinski definition) is 9. The summed E-state index contributed by atoms with van der Waals surface area (Å²) in [5.41, 5.74) is 8.49. The van der Waals surface area contributed by atoms with Crippen molar-refractivity contribution in [2.45, 2.75) is 50.1 Å². The molecule has 0 bridgehead atoms. The molecule has 6 N–H and O–H groups in total. The number of ether oxygens (including phenoxy) is 1. The van der Waals surface area contributed by atoms with Gasteiger partial charge >= 0.3 is 18.4 Å². The van der Waals surface area contributed by atoms with Crippen LogP contribution in [-0.2, 0) is 18.8 Å². The second-order valence-corrected chi connectivity index (χ2v) is 11.7. The third kappa shape index (κ3) is 7.06. The van der Waals surface area contributed by atoms with Gasteiger partial charge in [0, 0.05) is 38.7 Å². The van der Waals surface area contributed by atoms with Crippen LogP contribution in [0.25, 0.3) is 0 Å². The predicted molar refractivity (Wildman–Crippen MR) is 163 cm³/mol. The van der Waals surface area contributed by atoms with Crippen LogP contribution in [-0.4, -0.2) is 81.2 Å². The van der Waals surface area contributed by atoms with E-state index in [-0.39, 0.29) is 85.4 Å². The third-order valence-electron chi connectivity index (χ3n) is 8.71. The van der Waals surface area contributed by atoms with Crippen LogP contribution in [0.15, 0.2) is 41.7 Å². The number of guanidine groups is 1. The first kappa shape index (κ1) is 35.2. The second-order valence-electron chi connectivity index (χ2n) is 11.7. The number of carbonyl (C=O) groups is 1. The van der Waals surface area contributed by atoms with E-state index in [0.717, 1.165) is 4.90 Å². The smallest absolute Gasteiger partial charge is 0.416 e. The highest BCUT2D eigenvalue weighted by Gasteiger charge is 2.47. The van der Waals surface area contributed by atoms with Gasteiger partial charge in [0.05, 0.1) is 53.1 Å². The van der Waals surface area contributed by atoms with E-state index in [1.807, 2.05) is 0 Å². The monoisotopic (exact) mass is 697 g/mol. The summed E-state index contributed by atoms with van der Waals surface area (Å²) in [5, 5.41) is 22.2. The zero-order valence-corrected chi connectivity index (χ0v) is 26.3. The first-order chi connectivity index (χ1) is 23.0. The summed E-state index contributed by atoms with van der Waals surface area (Å²) in [4.78, 5) is 30.6. The van der Waals surface area contributed by atoms with Crippen LogP contribution in [0.4, 0.5) is 42.5 Å². The molecule has 0 unspecified atom stereocenters. The van der Waals surface area contributed by atoms with Crippen LogP contribution in [0.3, 0.4) is 0 Å². The van der Waals surface area contributed by atoms with Gasteiger partial charge in [0.15, 0.2) is 0 Å². The Bertz CT molecular complexity index is 1720. The molecule has 13 nitrogen and oxygen atoms in total. The average molecular weight is 698 g/mol. The SMILES string of the molecule is CC[C@]1(N)C[C@H](c2ncc(N3CCN(C(N)=NO)CC3)c(Cc3cc(C(F)(F)F)cc(C(F)(F)F)c3)n2)c2nc(OC)ccc2N1C(=O)O. The number of methoxy groups -OCH3 is 1. The molecule has 5 rings (SSSR count). The molecule has 1 aromatic carbocycles. The highest BCUT2D eigenvalue weighted by atomic mass is 19.4. The van der Waals surface area contributed by atoms with Crippen LogP contribution in [0.1, 0.15) is 59.6 Å². The summed E-state index contributed by atoms with van der Waals surface area (Å²) in [6.45, 7) is 2.78. The molecule has 264 valence electrons. The van der Waals surface area contributed by atoms with E-state index >= 15 is 0 Å². The van der Waals surface area contributed by atoms with Gasteiger partial charge in [-0.1, -0.05) is 12.1 Å². The first-order valence-corrected chi connectivity index (χ1v) is 15.0. The summed E-state index contributed by atoms with van der Waals surface area (Å²) in [7, 11) is 1.37. The van der Waals surface area contributed by atoms with Crippen molar-refractivity contribution < 1.29 is 46.2 Å². The van der Waals surface area contributed by atoms with E-state index in [1.54, 1.807) is 16.7 Å². The molecule has 2 aromatic heterocycles. The molecule has 0 saturated carbocycles. The number of oxime groups is 1. The van der Waals surface area contributed by atoms with Gasteiger partial charge in [-0.15, -0.1) is 0 Å². The number of pyridine rings is 1. The Morgan fingerprint density at radius 3 is 2.20 bits per heavy atom. The number of piperazine rings is 1. The number of fused-ring (bicyclic) bond motifs is 1. The molecular formula is C30H33F6N9O4. The summed E-state index contributed by atoms with van der Waals surface area (Å²) < 4.78 is 87.8. The van der Waals surface area contributed by atoms with E-state index < -0.39 is 47.6 Å². The van der Waals surface area contributed by atoms with Gasteiger partial charge in [0.1, 0.15) is 11.5 Å². The Kier molecular flexibility index (Phi) is 9.42. The fourth-order valence-corrected chi connectivity index (χ4v) is 6.14. The van der Waals surface area contributed by atoms with Crippen LogP contribution >= 0.6 is 0 Å². The van der Waals surface area contributed by atoms with E-state index in [1.165, 1.54) is 25.4 Å². The molecule has 1 saturated heterocycles. The van der Waals surface area contributed by atoms with E-state index in [2.05, 4.69) is 15.1 Å². The number of rotatable bonds is 6. The number of benzene rings is 1. The minimum atomic E-state index is -5.06. The minimum absolute atomic E-state index is 0.0536. The number of aromatic nitrogens is 3. The lowest BCUT2D eigenvalue weighted by atomic mass is 9.83. The van der Waals surface area contributed by atoms with Crippen molar-refractivity contribution >= 4 is 23.4 Å². The van der Waals surface area contributed by atoms with E-state index in [4.69, 9.17) is 26.4 Å². The number of amides is 1. The number of carboxylic acid groups (broad SMARTS) is 1. The molecule has 0 aliphatic carbocycles. The number of anilines is 2. The van der Waals surface area contributed by atoms with Gasteiger partial charge in [-0.2, -0.15) is 26.3 Å². The minimum Gasteiger partial charge on any atom is -0.481 e. The molecule has 1 amide bonds. The normalized spacial score (nSPS) is 20.3. The van der Waals surface area contributed by atoms with E-state index in [9.17, 15) is 36.2 Å². The lowest BCUT2D eigenvalue weighted by molar-refractivity contribution is -0.143. The van der Waals surface area contributed by atoms with Gasteiger partial charge in [-0.05, 0) is 42.7 Å². The van der Waals surface area contributed by atoms with Crippen molar-refractivity contribution in [1.29, 1.82) is 0 Å². The van der Waals surface area contributed by atoms with Crippen LogP contribution in [0.2, 0.25) is 0 Å². The Hall–Kier alpha value is -5.07. The molecule has 1 fully saturated rings. The molecule has 2 aliphatic rings. The maximum atomic E-state index is 13.8. The van der Waals surface area contributed by atoms with Gasteiger partial charge in [-0.25, -0.2) is 19.7 Å². The van der Waals surface area contributed by atoms with Crippen LogP contribution < -0.4 is 26.0 Å². The maximum absolute atomic E-state index is 13.8. The molecule has 0 spiro atoms. The summed E-state index contributed by atoms with van der Waals surface area (Å²) in [6, 6.07) is 4.29. The highest BCUT2D eigenvalue weighted by molar-refractivity contribution is 5.89. The van der Waals surface area contributed by atoms with Crippen LogP contribution in [0, 0.1) is 0 Å². The Morgan fingerprint density at radius 1 is 1.04 bits per heavy atom. The highest BCUT2D eigenvalue weighted by Crippen LogP contribution is 2.45. The maximum Gasteiger partial charge on any atom is 0.416 e. The molecule has 4 heterocycles. The Balaban J connectivity index is 1.66. The Morgan fingerprint density at radius 2 is 1.67 bits per heavy atom. The fraction of sp³-hybridized carbons (Fsp3) is 0.433. The summed E-state index contributed by atoms with van der Waals surface area (Å²) in [6.07, 6.45) is -10.4. The number of hydrogen-bond donors (Lipinski definition) is 4. The second kappa shape index (κ2) is 13.1. The predicted octanol–water partition coefficient (Wildman–Crippen LogP) is 4.42. The number of alkyl halides is 6.